The number of allylic oxidation sites excluding steroid dienone is 1. The van der Waals surface area contributed by atoms with Crippen LogP contribution in [-0.2, 0) is 5.41 Å². The van der Waals surface area contributed by atoms with Crippen molar-refractivity contribution in [2.45, 2.75) is 25.7 Å². The Balaban J connectivity index is 3.31. The maximum absolute atomic E-state index is 13.4. The van der Waals surface area contributed by atoms with Gasteiger partial charge in [0.05, 0.1) is 0 Å². The monoisotopic (exact) mass is 196 g/mol. The molecule has 0 aliphatic heterocycles. The molecule has 2 heteroatoms. The maximum atomic E-state index is 13.4. The summed E-state index contributed by atoms with van der Waals surface area (Å²) in [5, 5.41) is 0. The van der Waals surface area contributed by atoms with Crippen LogP contribution < -0.4 is 0 Å². The van der Waals surface area contributed by atoms with Crippen molar-refractivity contribution in [3.63, 3.8) is 0 Å². The van der Waals surface area contributed by atoms with Gasteiger partial charge in [-0.25, -0.2) is 8.78 Å². The van der Waals surface area contributed by atoms with Crippen LogP contribution in [0.2, 0.25) is 0 Å². The average molecular weight is 196 g/mol. The summed E-state index contributed by atoms with van der Waals surface area (Å²) in [5.74, 6) is -1.57. The van der Waals surface area contributed by atoms with Gasteiger partial charge >= 0.3 is 0 Å². The van der Waals surface area contributed by atoms with Crippen molar-refractivity contribution in [3.05, 3.63) is 48.1 Å². The summed E-state index contributed by atoms with van der Waals surface area (Å²) in [6.07, 6.45) is 2.35. The van der Waals surface area contributed by atoms with Gasteiger partial charge in [0.2, 0.25) is 0 Å². The summed E-state index contributed by atoms with van der Waals surface area (Å²) in [4.78, 5) is 0. The number of rotatable bonds is 3. The van der Waals surface area contributed by atoms with Gasteiger partial charge in [-0.1, -0.05) is 32.1 Å². The molecule has 0 fully saturated rings. The van der Waals surface area contributed by atoms with E-state index in [2.05, 4.69) is 6.58 Å². The van der Waals surface area contributed by atoms with Gasteiger partial charge in [0.1, 0.15) is 0 Å². The van der Waals surface area contributed by atoms with Crippen molar-refractivity contribution >= 4 is 0 Å². The van der Waals surface area contributed by atoms with E-state index in [0.29, 0.717) is 12.0 Å². The minimum absolute atomic E-state index is 0.370. The molecule has 0 saturated heterocycles. The molecule has 0 aliphatic carbocycles. The van der Waals surface area contributed by atoms with Gasteiger partial charge in [-0.2, -0.15) is 0 Å². The Morgan fingerprint density at radius 2 is 2.07 bits per heavy atom. The largest absolute Gasteiger partial charge is 0.204 e. The van der Waals surface area contributed by atoms with Crippen LogP contribution in [-0.4, -0.2) is 0 Å². The van der Waals surface area contributed by atoms with E-state index in [1.807, 2.05) is 13.8 Å². The van der Waals surface area contributed by atoms with Crippen molar-refractivity contribution < 1.29 is 8.78 Å². The molecule has 1 rings (SSSR count). The third-order valence-corrected chi connectivity index (χ3v) is 2.75. The van der Waals surface area contributed by atoms with Crippen LogP contribution in [0.5, 0.6) is 0 Å². The van der Waals surface area contributed by atoms with Crippen molar-refractivity contribution in [2.75, 3.05) is 0 Å². The molecule has 1 atom stereocenters. The molecule has 0 amide bonds. The minimum atomic E-state index is -0.802. The van der Waals surface area contributed by atoms with E-state index in [1.54, 1.807) is 12.1 Å². The Morgan fingerprint density at radius 1 is 1.43 bits per heavy atom. The lowest BCUT2D eigenvalue weighted by Crippen LogP contribution is -2.19. The summed E-state index contributed by atoms with van der Waals surface area (Å²) < 4.78 is 26.4. The Kier molecular flexibility index (Phi) is 3.04. The van der Waals surface area contributed by atoms with Gasteiger partial charge in [-0.05, 0) is 12.5 Å². The third kappa shape index (κ3) is 1.69. The smallest absolute Gasteiger partial charge is 0.162 e. The third-order valence-electron chi connectivity index (χ3n) is 2.75. The normalized spacial score (nSPS) is 14.9. The van der Waals surface area contributed by atoms with Gasteiger partial charge in [-0.3, -0.25) is 0 Å². The van der Waals surface area contributed by atoms with Crippen LogP contribution in [0.4, 0.5) is 8.78 Å². The van der Waals surface area contributed by atoms with Gasteiger partial charge in [0.15, 0.2) is 11.6 Å². The summed E-state index contributed by atoms with van der Waals surface area (Å²) in [7, 11) is 0. The van der Waals surface area contributed by atoms with Crippen LogP contribution in [0, 0.1) is 11.6 Å². The highest BCUT2D eigenvalue weighted by molar-refractivity contribution is 5.31. The lowest BCUT2D eigenvalue weighted by Gasteiger charge is -2.25. The zero-order valence-electron chi connectivity index (χ0n) is 8.48. The lowest BCUT2D eigenvalue weighted by molar-refractivity contribution is 0.463. The summed E-state index contributed by atoms with van der Waals surface area (Å²) in [5.41, 5.74) is -0.123. The van der Waals surface area contributed by atoms with Crippen LogP contribution >= 0.6 is 0 Å². The maximum Gasteiger partial charge on any atom is 0.162 e. The molecule has 1 aromatic carbocycles. The molecule has 0 aromatic heterocycles. The summed E-state index contributed by atoms with van der Waals surface area (Å²) >= 11 is 0. The van der Waals surface area contributed by atoms with Crippen LogP contribution in [0.3, 0.4) is 0 Å². The Hall–Kier alpha value is -1.18. The molecule has 0 N–H and O–H groups in total. The summed E-state index contributed by atoms with van der Waals surface area (Å²) in [6.45, 7) is 7.43. The molecule has 0 bridgehead atoms. The van der Waals surface area contributed by atoms with E-state index in [9.17, 15) is 8.78 Å². The molecule has 0 saturated carbocycles. The highest BCUT2D eigenvalue weighted by Crippen LogP contribution is 2.31. The van der Waals surface area contributed by atoms with Crippen molar-refractivity contribution in [1.82, 2.24) is 0 Å². The van der Waals surface area contributed by atoms with Crippen molar-refractivity contribution in [2.24, 2.45) is 0 Å². The standard InChI is InChI=1S/C12H14F2/c1-4-12(3,5-2)9-7-6-8-10(13)11(9)14/h4,6-8H,1,5H2,2-3H3. The topological polar surface area (TPSA) is 0 Å². The highest BCUT2D eigenvalue weighted by Gasteiger charge is 2.25. The zero-order chi connectivity index (χ0) is 10.8. The van der Waals surface area contributed by atoms with Gasteiger partial charge in [0.25, 0.3) is 0 Å². The molecule has 1 aromatic rings. The van der Waals surface area contributed by atoms with Gasteiger partial charge in [0, 0.05) is 11.0 Å². The fraction of sp³-hybridized carbons (Fsp3) is 0.333. The van der Waals surface area contributed by atoms with Crippen LogP contribution in [0.15, 0.2) is 30.9 Å². The SMILES string of the molecule is C=CC(C)(CC)c1cccc(F)c1F. The molecule has 0 nitrogen and oxygen atoms in total. The van der Waals surface area contributed by atoms with Crippen LogP contribution in [0.1, 0.15) is 25.8 Å². The van der Waals surface area contributed by atoms with Crippen molar-refractivity contribution in [1.29, 1.82) is 0 Å². The second kappa shape index (κ2) is 3.91. The fourth-order valence-electron chi connectivity index (χ4n) is 1.39. The highest BCUT2D eigenvalue weighted by atomic mass is 19.2. The molecule has 0 radical (unpaired) electrons. The molecule has 14 heavy (non-hydrogen) atoms. The predicted molar refractivity (Wildman–Crippen MR) is 54.2 cm³/mol. The number of hydrogen-bond donors (Lipinski definition) is 0. The van der Waals surface area contributed by atoms with Crippen LogP contribution in [0.25, 0.3) is 0 Å². The first-order chi connectivity index (χ1) is 6.55. The minimum Gasteiger partial charge on any atom is -0.204 e. The van der Waals surface area contributed by atoms with Gasteiger partial charge in [-0.15, -0.1) is 6.58 Å². The Morgan fingerprint density at radius 3 is 2.57 bits per heavy atom. The average Bonchev–Trinajstić information content (AvgIpc) is 2.21. The van der Waals surface area contributed by atoms with E-state index < -0.39 is 17.0 Å². The fourth-order valence-corrected chi connectivity index (χ4v) is 1.39. The molecular weight excluding hydrogens is 182 g/mol. The van der Waals surface area contributed by atoms with E-state index in [4.69, 9.17) is 0 Å². The second-order valence-corrected chi connectivity index (χ2v) is 3.58. The van der Waals surface area contributed by atoms with E-state index in [0.717, 1.165) is 6.07 Å². The first-order valence-corrected chi connectivity index (χ1v) is 4.63. The quantitative estimate of drug-likeness (QED) is 0.645. The first-order valence-electron chi connectivity index (χ1n) is 4.63. The second-order valence-electron chi connectivity index (χ2n) is 3.58. The molecule has 0 heterocycles. The lowest BCUT2D eigenvalue weighted by atomic mass is 9.80. The van der Waals surface area contributed by atoms with E-state index in [-0.39, 0.29) is 0 Å². The van der Waals surface area contributed by atoms with E-state index >= 15 is 0 Å². The molecule has 0 aliphatic rings. The van der Waals surface area contributed by atoms with Crippen molar-refractivity contribution in [3.8, 4) is 0 Å². The number of halogens is 2. The number of hydrogen-bond acceptors (Lipinski definition) is 0. The Bertz CT molecular complexity index is 344. The summed E-state index contributed by atoms with van der Waals surface area (Å²) in [6, 6.07) is 4.24. The zero-order valence-corrected chi connectivity index (χ0v) is 8.48. The number of benzene rings is 1. The molecule has 0 spiro atoms. The molecule has 1 unspecified atom stereocenters. The first kappa shape index (κ1) is 10.9. The molecule has 76 valence electrons. The predicted octanol–water partition coefficient (Wildman–Crippen LogP) is 3.82. The van der Waals surface area contributed by atoms with Gasteiger partial charge < -0.3 is 0 Å². The molecular formula is C12H14F2. The van der Waals surface area contributed by atoms with E-state index in [1.165, 1.54) is 6.07 Å². The Labute approximate surface area is 83.3 Å².